The fourth-order valence-corrected chi connectivity index (χ4v) is 6.23. The number of hydrogen-bond donors (Lipinski definition) is 1. The van der Waals surface area contributed by atoms with Crippen LogP contribution in [0.1, 0.15) is 39.2 Å². The molecule has 1 atom stereocenters. The first kappa shape index (κ1) is 33.5. The van der Waals surface area contributed by atoms with Gasteiger partial charge in [0.25, 0.3) is 10.0 Å². The van der Waals surface area contributed by atoms with Crippen LogP contribution < -0.4 is 14.4 Å². The van der Waals surface area contributed by atoms with Crippen molar-refractivity contribution in [1.82, 2.24) is 10.2 Å². The van der Waals surface area contributed by atoms with Gasteiger partial charge in [-0.15, -0.1) is 0 Å². The third-order valence-corrected chi connectivity index (χ3v) is 9.24. The summed E-state index contributed by atoms with van der Waals surface area (Å²) in [6.07, 6.45) is 1.65. The fraction of sp³-hybridized carbons (Fsp3) is 0.333. The molecular formula is C30H34Cl3N3O5S. The molecule has 0 saturated heterocycles. The second-order valence-electron chi connectivity index (χ2n) is 9.41. The molecule has 8 nitrogen and oxygen atoms in total. The molecule has 0 spiro atoms. The Kier molecular flexibility index (Phi) is 12.4. The SMILES string of the molecule is CCCCNC(=O)[C@H](C)N(Cc1c(Cl)cccc1Cl)C(=O)CN(c1ccccc1OCC)S(=O)(=O)c1ccc(Cl)cc1. The lowest BCUT2D eigenvalue weighted by Gasteiger charge is -2.32. The Morgan fingerprint density at radius 3 is 2.19 bits per heavy atom. The Morgan fingerprint density at radius 1 is 0.929 bits per heavy atom. The van der Waals surface area contributed by atoms with Gasteiger partial charge in [0, 0.05) is 33.7 Å². The molecule has 0 aliphatic rings. The Hall–Kier alpha value is -2.98. The van der Waals surface area contributed by atoms with Crippen molar-refractivity contribution in [2.45, 2.75) is 51.1 Å². The van der Waals surface area contributed by atoms with Crippen molar-refractivity contribution < 1.29 is 22.7 Å². The average Bonchev–Trinajstić information content (AvgIpc) is 2.96. The number of hydrogen-bond acceptors (Lipinski definition) is 5. The quantitative estimate of drug-likeness (QED) is 0.198. The Labute approximate surface area is 262 Å². The van der Waals surface area contributed by atoms with Gasteiger partial charge in [-0.05, 0) is 68.8 Å². The molecule has 0 aliphatic carbocycles. The number of para-hydroxylation sites is 2. The van der Waals surface area contributed by atoms with E-state index in [9.17, 15) is 18.0 Å². The minimum atomic E-state index is -4.30. The van der Waals surface area contributed by atoms with Gasteiger partial charge in [-0.1, -0.05) is 66.3 Å². The number of anilines is 1. The maximum absolute atomic E-state index is 14.1. The Bertz CT molecular complexity index is 1470. The third kappa shape index (κ3) is 8.31. The molecule has 0 bridgehead atoms. The molecule has 12 heteroatoms. The van der Waals surface area contributed by atoms with Crippen LogP contribution >= 0.6 is 34.8 Å². The topological polar surface area (TPSA) is 96.0 Å². The summed E-state index contributed by atoms with van der Waals surface area (Å²) in [5.41, 5.74) is 0.600. The standard InChI is InChI=1S/C30H34Cl3N3O5S/c1-4-6-18-34-30(38)21(3)35(19-24-25(32)10-9-11-26(24)33)29(37)20-36(27-12-7-8-13-28(27)41-5-2)42(39,40)23-16-14-22(31)15-17-23/h7-17,21H,4-6,18-20H2,1-3H3,(H,34,38)/t21-/m0/s1. The second-order valence-corrected chi connectivity index (χ2v) is 12.5. The van der Waals surface area contributed by atoms with E-state index in [4.69, 9.17) is 39.5 Å². The van der Waals surface area contributed by atoms with Crippen molar-refractivity contribution in [3.63, 3.8) is 0 Å². The van der Waals surface area contributed by atoms with Gasteiger partial charge in [0.2, 0.25) is 11.8 Å². The molecule has 0 heterocycles. The average molecular weight is 655 g/mol. The molecule has 0 fully saturated rings. The number of sulfonamides is 1. The minimum absolute atomic E-state index is 0.0722. The van der Waals surface area contributed by atoms with Crippen molar-refractivity contribution in [2.75, 3.05) is 24.0 Å². The van der Waals surface area contributed by atoms with Crippen molar-refractivity contribution in [3.05, 3.63) is 87.4 Å². The summed E-state index contributed by atoms with van der Waals surface area (Å²) in [5, 5.41) is 3.82. The first-order chi connectivity index (χ1) is 20.0. The number of benzene rings is 3. The molecule has 0 aromatic heterocycles. The fourth-order valence-electron chi connectivity index (χ4n) is 4.16. The van der Waals surface area contributed by atoms with Crippen LogP contribution in [0.4, 0.5) is 5.69 Å². The van der Waals surface area contributed by atoms with Crippen molar-refractivity contribution in [2.24, 2.45) is 0 Å². The third-order valence-electron chi connectivity index (χ3n) is 6.50. The molecule has 0 saturated carbocycles. The number of carbonyl (C=O) groups is 2. The summed E-state index contributed by atoms with van der Waals surface area (Å²) in [7, 11) is -4.30. The van der Waals surface area contributed by atoms with Gasteiger partial charge in [0.15, 0.2) is 0 Å². The number of carbonyl (C=O) groups excluding carboxylic acids is 2. The zero-order chi connectivity index (χ0) is 30.9. The summed E-state index contributed by atoms with van der Waals surface area (Å²) < 4.78 is 34.8. The normalized spacial score (nSPS) is 12.0. The summed E-state index contributed by atoms with van der Waals surface area (Å²) >= 11 is 18.9. The van der Waals surface area contributed by atoms with Crippen LogP contribution in [-0.4, -0.2) is 50.9 Å². The molecule has 0 aliphatic heterocycles. The lowest BCUT2D eigenvalue weighted by atomic mass is 10.1. The van der Waals surface area contributed by atoms with Crippen molar-refractivity contribution >= 4 is 62.3 Å². The number of halogens is 3. The maximum Gasteiger partial charge on any atom is 0.264 e. The van der Waals surface area contributed by atoms with E-state index in [2.05, 4.69) is 5.32 Å². The van der Waals surface area contributed by atoms with Gasteiger partial charge in [-0.2, -0.15) is 0 Å². The zero-order valence-corrected chi connectivity index (χ0v) is 26.7. The van der Waals surface area contributed by atoms with Gasteiger partial charge in [-0.25, -0.2) is 8.42 Å². The highest BCUT2D eigenvalue weighted by atomic mass is 35.5. The second kappa shape index (κ2) is 15.5. The van der Waals surface area contributed by atoms with E-state index in [-0.39, 0.29) is 35.4 Å². The Morgan fingerprint density at radius 2 is 1.57 bits per heavy atom. The van der Waals surface area contributed by atoms with E-state index in [1.165, 1.54) is 29.2 Å². The van der Waals surface area contributed by atoms with Crippen LogP contribution in [0.5, 0.6) is 5.75 Å². The van der Waals surface area contributed by atoms with Crippen LogP contribution in [0.2, 0.25) is 15.1 Å². The minimum Gasteiger partial charge on any atom is -0.492 e. The zero-order valence-electron chi connectivity index (χ0n) is 23.6. The highest BCUT2D eigenvalue weighted by molar-refractivity contribution is 7.92. The molecule has 3 aromatic rings. The summed E-state index contributed by atoms with van der Waals surface area (Å²) in [5.74, 6) is -0.758. The predicted octanol–water partition coefficient (Wildman–Crippen LogP) is 6.57. The molecule has 1 N–H and O–H groups in total. The molecule has 0 unspecified atom stereocenters. The van der Waals surface area contributed by atoms with Crippen molar-refractivity contribution in [3.8, 4) is 5.75 Å². The molecular weight excluding hydrogens is 621 g/mol. The summed E-state index contributed by atoms with van der Waals surface area (Å²) in [6.45, 7) is 5.30. The lowest BCUT2D eigenvalue weighted by Crippen LogP contribution is -2.51. The van der Waals surface area contributed by atoms with Gasteiger partial charge in [0.1, 0.15) is 18.3 Å². The highest BCUT2D eigenvalue weighted by Gasteiger charge is 2.34. The highest BCUT2D eigenvalue weighted by Crippen LogP contribution is 2.33. The monoisotopic (exact) mass is 653 g/mol. The molecule has 3 aromatic carbocycles. The Balaban J connectivity index is 2.09. The van der Waals surface area contributed by atoms with E-state index in [1.54, 1.807) is 56.3 Å². The largest absolute Gasteiger partial charge is 0.492 e. The van der Waals surface area contributed by atoms with Crippen LogP contribution in [0.3, 0.4) is 0 Å². The van der Waals surface area contributed by atoms with Gasteiger partial charge in [0.05, 0.1) is 17.2 Å². The van der Waals surface area contributed by atoms with Crippen LogP contribution in [0.25, 0.3) is 0 Å². The van der Waals surface area contributed by atoms with Crippen LogP contribution in [-0.2, 0) is 26.2 Å². The van der Waals surface area contributed by atoms with Gasteiger partial charge in [-0.3, -0.25) is 13.9 Å². The molecule has 2 amide bonds. The van der Waals surface area contributed by atoms with E-state index < -0.39 is 28.5 Å². The van der Waals surface area contributed by atoms with E-state index in [0.29, 0.717) is 27.2 Å². The number of nitrogens with zero attached hydrogens (tertiary/aromatic N) is 2. The van der Waals surface area contributed by atoms with E-state index in [0.717, 1.165) is 17.1 Å². The number of rotatable bonds is 14. The molecule has 0 radical (unpaired) electrons. The molecule has 42 heavy (non-hydrogen) atoms. The molecule has 226 valence electrons. The molecule has 3 rings (SSSR count). The van der Waals surface area contributed by atoms with Crippen molar-refractivity contribution in [1.29, 1.82) is 0 Å². The number of unbranched alkanes of at least 4 members (excludes halogenated alkanes) is 1. The lowest BCUT2D eigenvalue weighted by molar-refractivity contribution is -0.139. The van der Waals surface area contributed by atoms with Gasteiger partial charge >= 0.3 is 0 Å². The van der Waals surface area contributed by atoms with E-state index >= 15 is 0 Å². The smallest absolute Gasteiger partial charge is 0.264 e. The van der Waals surface area contributed by atoms with E-state index in [1.807, 2.05) is 6.92 Å². The maximum atomic E-state index is 14.1. The number of amides is 2. The first-order valence-electron chi connectivity index (χ1n) is 13.5. The van der Waals surface area contributed by atoms with Gasteiger partial charge < -0.3 is 15.0 Å². The summed E-state index contributed by atoms with van der Waals surface area (Å²) in [4.78, 5) is 28.5. The number of ether oxygens (including phenoxy) is 1. The van der Waals surface area contributed by atoms with Crippen LogP contribution in [0, 0.1) is 0 Å². The predicted molar refractivity (Wildman–Crippen MR) is 168 cm³/mol. The first-order valence-corrected chi connectivity index (χ1v) is 16.1. The summed E-state index contributed by atoms with van der Waals surface area (Å²) in [6, 6.07) is 16.1. The number of nitrogens with one attached hydrogen (secondary N) is 1. The van der Waals surface area contributed by atoms with Crippen LogP contribution in [0.15, 0.2) is 71.6 Å².